The second kappa shape index (κ2) is 13.7. The standard InChI is InChI=1S/C26H54N4OS2/c1-9-10-11-12-13-14-15-33-24-29-22(28-23(30-24)32-8)27-18-16-19(25(2,3)4)21(31)20(17-18)26(5,6)7/h18-24,27-31H,9-17H2,1-8H3. The predicted octanol–water partition coefficient (Wildman–Crippen LogP) is 5.51. The van der Waals surface area contributed by atoms with Crippen molar-refractivity contribution in [1.29, 1.82) is 0 Å². The molecule has 0 radical (unpaired) electrons. The summed E-state index contributed by atoms with van der Waals surface area (Å²) in [6.45, 7) is 16.0. The molecule has 7 heteroatoms. The predicted molar refractivity (Wildman–Crippen MR) is 148 cm³/mol. The van der Waals surface area contributed by atoms with Crippen LogP contribution in [0, 0.1) is 22.7 Å². The minimum Gasteiger partial charge on any atom is -0.393 e. The Kier molecular flexibility index (Phi) is 12.4. The molecule has 0 aromatic carbocycles. The zero-order valence-electron chi connectivity index (χ0n) is 22.7. The maximum absolute atomic E-state index is 11.3. The SMILES string of the molecule is CCCCCCCCSC1NC(NC2CC(C(C)(C)C)C(O)C(C(C)(C)C)C2)NC(SC)N1. The molecule has 2 rings (SSSR count). The molecule has 5 N–H and O–H groups in total. The summed E-state index contributed by atoms with van der Waals surface area (Å²) in [5.41, 5.74) is 0.671. The van der Waals surface area contributed by atoms with Gasteiger partial charge in [-0.25, -0.2) is 0 Å². The van der Waals surface area contributed by atoms with Crippen molar-refractivity contribution in [2.75, 3.05) is 12.0 Å². The van der Waals surface area contributed by atoms with Gasteiger partial charge in [0.15, 0.2) is 0 Å². The fraction of sp³-hybridized carbons (Fsp3) is 1.00. The van der Waals surface area contributed by atoms with Gasteiger partial charge in [0.05, 0.1) is 6.10 Å². The first-order valence-corrected chi connectivity index (χ1v) is 15.7. The van der Waals surface area contributed by atoms with E-state index in [1.807, 2.05) is 23.5 Å². The lowest BCUT2D eigenvalue weighted by Crippen LogP contribution is -2.71. The lowest BCUT2D eigenvalue weighted by Gasteiger charge is -2.50. The molecule has 1 heterocycles. The number of aliphatic hydroxyl groups excluding tert-OH is 1. The van der Waals surface area contributed by atoms with E-state index in [1.54, 1.807) is 0 Å². The van der Waals surface area contributed by atoms with Crippen molar-refractivity contribution >= 4 is 23.5 Å². The zero-order chi connectivity index (χ0) is 24.6. The zero-order valence-corrected chi connectivity index (χ0v) is 24.3. The first-order chi connectivity index (χ1) is 15.5. The minimum atomic E-state index is -0.239. The third kappa shape index (κ3) is 9.82. The van der Waals surface area contributed by atoms with Gasteiger partial charge in [-0.1, -0.05) is 80.6 Å². The average molecular weight is 503 g/mol. The van der Waals surface area contributed by atoms with Gasteiger partial charge in [-0.15, -0.1) is 23.5 Å². The summed E-state index contributed by atoms with van der Waals surface area (Å²) in [6.07, 6.45) is 12.1. The molecule has 1 saturated heterocycles. The topological polar surface area (TPSA) is 68.3 Å². The van der Waals surface area contributed by atoms with Crippen molar-refractivity contribution in [3.05, 3.63) is 0 Å². The van der Waals surface area contributed by atoms with Crippen LogP contribution in [-0.4, -0.2) is 46.5 Å². The fourth-order valence-corrected chi connectivity index (χ4v) is 7.07. The lowest BCUT2D eigenvalue weighted by atomic mass is 9.60. The van der Waals surface area contributed by atoms with Crippen molar-refractivity contribution in [2.24, 2.45) is 22.7 Å². The van der Waals surface area contributed by atoms with Crippen LogP contribution in [0.2, 0.25) is 0 Å². The van der Waals surface area contributed by atoms with E-state index in [4.69, 9.17) is 0 Å². The molecule has 5 nitrogen and oxygen atoms in total. The molecule has 0 aromatic heterocycles. The number of thioether (sulfide) groups is 2. The minimum absolute atomic E-state index is 0.0761. The molecule has 0 spiro atoms. The smallest absolute Gasteiger partial charge is 0.115 e. The van der Waals surface area contributed by atoms with Crippen LogP contribution in [0.4, 0.5) is 0 Å². The molecule has 5 atom stereocenters. The maximum atomic E-state index is 11.3. The number of unbranched alkanes of at least 4 members (excludes halogenated alkanes) is 5. The Labute approximate surface area is 213 Å². The van der Waals surface area contributed by atoms with Gasteiger partial charge in [0, 0.05) is 6.04 Å². The Morgan fingerprint density at radius 3 is 1.91 bits per heavy atom. The van der Waals surface area contributed by atoms with Crippen LogP contribution >= 0.6 is 23.5 Å². The summed E-state index contributed by atoms with van der Waals surface area (Å²) in [5.74, 6) is 1.78. The quantitative estimate of drug-likeness (QED) is 0.239. The van der Waals surface area contributed by atoms with E-state index < -0.39 is 0 Å². The summed E-state index contributed by atoms with van der Waals surface area (Å²) in [6, 6.07) is 0.386. The Morgan fingerprint density at radius 2 is 1.36 bits per heavy atom. The van der Waals surface area contributed by atoms with Gasteiger partial charge in [0.1, 0.15) is 17.3 Å². The Morgan fingerprint density at radius 1 is 0.818 bits per heavy atom. The van der Waals surface area contributed by atoms with E-state index >= 15 is 0 Å². The molecule has 2 fully saturated rings. The van der Waals surface area contributed by atoms with Gasteiger partial charge in [-0.2, -0.15) is 0 Å². The van der Waals surface area contributed by atoms with Crippen LogP contribution < -0.4 is 21.3 Å². The van der Waals surface area contributed by atoms with Crippen LogP contribution in [0.15, 0.2) is 0 Å². The van der Waals surface area contributed by atoms with Crippen molar-refractivity contribution in [1.82, 2.24) is 21.3 Å². The van der Waals surface area contributed by atoms with E-state index in [0.29, 0.717) is 17.9 Å². The van der Waals surface area contributed by atoms with Gasteiger partial charge < -0.3 is 5.11 Å². The number of nitrogens with one attached hydrogen (secondary N) is 4. The van der Waals surface area contributed by atoms with Gasteiger partial charge in [-0.3, -0.25) is 21.3 Å². The summed E-state index contributed by atoms with van der Waals surface area (Å²) in [5, 5.41) is 26.3. The van der Waals surface area contributed by atoms with E-state index in [9.17, 15) is 5.11 Å². The Balaban J connectivity index is 1.93. The van der Waals surface area contributed by atoms with Crippen LogP contribution in [0.1, 0.15) is 99.8 Å². The van der Waals surface area contributed by atoms with Gasteiger partial charge in [0.2, 0.25) is 0 Å². The molecule has 2 aliphatic rings. The molecule has 0 amide bonds. The first kappa shape index (κ1) is 29.7. The molecular formula is C26H54N4OS2. The fourth-order valence-electron chi connectivity index (χ4n) is 5.37. The molecule has 0 bridgehead atoms. The van der Waals surface area contributed by atoms with Crippen LogP contribution in [0.25, 0.3) is 0 Å². The summed E-state index contributed by atoms with van der Waals surface area (Å²) >= 11 is 3.82. The van der Waals surface area contributed by atoms with E-state index in [2.05, 4.69) is 76.0 Å². The molecule has 5 unspecified atom stereocenters. The van der Waals surface area contributed by atoms with Crippen molar-refractivity contribution in [2.45, 2.75) is 129 Å². The summed E-state index contributed by atoms with van der Waals surface area (Å²) in [7, 11) is 0. The molecule has 0 aromatic rings. The van der Waals surface area contributed by atoms with Crippen molar-refractivity contribution in [3.63, 3.8) is 0 Å². The third-order valence-electron chi connectivity index (χ3n) is 7.49. The first-order valence-electron chi connectivity index (χ1n) is 13.3. The largest absolute Gasteiger partial charge is 0.393 e. The second-order valence-electron chi connectivity index (χ2n) is 12.3. The van der Waals surface area contributed by atoms with E-state index in [-0.39, 0.29) is 34.2 Å². The second-order valence-corrected chi connectivity index (χ2v) is 14.5. The Hall–Kier alpha value is 0.500. The molecule has 1 aliphatic carbocycles. The number of hydrogen-bond acceptors (Lipinski definition) is 7. The highest BCUT2D eigenvalue weighted by molar-refractivity contribution is 8.00. The highest BCUT2D eigenvalue weighted by Crippen LogP contribution is 2.46. The number of hydrogen-bond donors (Lipinski definition) is 5. The normalized spacial score (nSPS) is 33.9. The summed E-state index contributed by atoms with van der Waals surface area (Å²) < 4.78 is 0. The van der Waals surface area contributed by atoms with Crippen LogP contribution in [0.3, 0.4) is 0 Å². The number of aliphatic hydroxyl groups is 1. The van der Waals surface area contributed by atoms with E-state index in [1.165, 1.54) is 44.3 Å². The molecular weight excluding hydrogens is 448 g/mol. The van der Waals surface area contributed by atoms with Gasteiger partial charge in [0.25, 0.3) is 0 Å². The molecule has 1 saturated carbocycles. The summed E-state index contributed by atoms with van der Waals surface area (Å²) in [4.78, 5) is 0. The highest BCUT2D eigenvalue weighted by Gasteiger charge is 2.46. The van der Waals surface area contributed by atoms with Crippen molar-refractivity contribution < 1.29 is 5.11 Å². The monoisotopic (exact) mass is 502 g/mol. The van der Waals surface area contributed by atoms with Gasteiger partial charge in [-0.05, 0) is 53.9 Å². The van der Waals surface area contributed by atoms with Crippen LogP contribution in [0.5, 0.6) is 0 Å². The lowest BCUT2D eigenvalue weighted by molar-refractivity contribution is -0.0779. The van der Waals surface area contributed by atoms with Crippen LogP contribution in [-0.2, 0) is 0 Å². The van der Waals surface area contributed by atoms with Crippen molar-refractivity contribution in [3.8, 4) is 0 Å². The van der Waals surface area contributed by atoms with Gasteiger partial charge >= 0.3 is 0 Å². The maximum Gasteiger partial charge on any atom is 0.115 e. The Bertz CT molecular complexity index is 527. The molecule has 1 aliphatic heterocycles. The highest BCUT2D eigenvalue weighted by atomic mass is 32.2. The molecule has 196 valence electrons. The van der Waals surface area contributed by atoms with E-state index in [0.717, 1.165) is 12.8 Å². The average Bonchev–Trinajstić information content (AvgIpc) is 2.72. The number of rotatable bonds is 11. The third-order valence-corrected chi connectivity index (χ3v) is 9.36. The molecule has 33 heavy (non-hydrogen) atoms.